The van der Waals surface area contributed by atoms with Crippen molar-refractivity contribution in [2.24, 2.45) is 5.92 Å². The number of nitrogens with one attached hydrogen (secondary N) is 1. The van der Waals surface area contributed by atoms with Crippen molar-refractivity contribution in [3.63, 3.8) is 0 Å². The molecule has 1 atom stereocenters. The van der Waals surface area contributed by atoms with Crippen LogP contribution < -0.4 is 5.32 Å². The Bertz CT molecular complexity index is 621. The van der Waals surface area contributed by atoms with Gasteiger partial charge in [0.25, 0.3) is 0 Å². The van der Waals surface area contributed by atoms with Crippen molar-refractivity contribution in [3.05, 3.63) is 47.6 Å². The van der Waals surface area contributed by atoms with E-state index in [1.807, 2.05) is 25.1 Å². The van der Waals surface area contributed by atoms with Crippen LogP contribution >= 0.6 is 0 Å². The molecule has 0 aliphatic carbocycles. The fourth-order valence-electron chi connectivity index (χ4n) is 3.34. The lowest BCUT2D eigenvalue weighted by atomic mass is 9.96. The first-order valence-corrected chi connectivity index (χ1v) is 9.15. The van der Waals surface area contributed by atoms with Crippen molar-refractivity contribution in [2.45, 2.75) is 38.8 Å². The minimum atomic E-state index is -0.239. The highest BCUT2D eigenvalue weighted by Crippen LogP contribution is 2.16. The van der Waals surface area contributed by atoms with Gasteiger partial charge in [-0.05, 0) is 50.9 Å². The highest BCUT2D eigenvalue weighted by Gasteiger charge is 2.19. The molecule has 1 fully saturated rings. The summed E-state index contributed by atoms with van der Waals surface area (Å²) in [4.78, 5) is 6.80. The predicted octanol–water partition coefficient (Wildman–Crippen LogP) is 1.84. The molecule has 6 nitrogen and oxygen atoms in total. The average molecular weight is 344 g/mol. The molecule has 0 bridgehead atoms. The highest BCUT2D eigenvalue weighted by molar-refractivity contribution is 5.18. The van der Waals surface area contributed by atoms with Gasteiger partial charge in [0.2, 0.25) is 5.89 Å². The van der Waals surface area contributed by atoms with Gasteiger partial charge in [-0.3, -0.25) is 0 Å². The van der Waals surface area contributed by atoms with Crippen LogP contribution in [0.1, 0.15) is 37.0 Å². The summed E-state index contributed by atoms with van der Waals surface area (Å²) in [5.41, 5.74) is 1.19. The SMILES string of the molecule is CC(O)CN1CCC(CNCc2nc(Cc3ccccc3)no2)CC1. The number of aromatic nitrogens is 2. The van der Waals surface area contributed by atoms with Gasteiger partial charge in [-0.2, -0.15) is 4.98 Å². The lowest BCUT2D eigenvalue weighted by Gasteiger charge is -2.32. The summed E-state index contributed by atoms with van der Waals surface area (Å²) < 4.78 is 5.33. The van der Waals surface area contributed by atoms with E-state index < -0.39 is 0 Å². The first kappa shape index (κ1) is 18.0. The zero-order chi connectivity index (χ0) is 17.5. The fourth-order valence-corrected chi connectivity index (χ4v) is 3.34. The van der Waals surface area contributed by atoms with Crippen LogP contribution in [-0.2, 0) is 13.0 Å². The number of β-amino-alcohol motifs (C(OH)–C–C–N with tert-alkyl or cyclic N) is 1. The van der Waals surface area contributed by atoms with Crippen LogP contribution in [0.25, 0.3) is 0 Å². The van der Waals surface area contributed by atoms with Gasteiger partial charge in [0.05, 0.1) is 12.6 Å². The molecule has 0 spiro atoms. The van der Waals surface area contributed by atoms with E-state index in [-0.39, 0.29) is 6.10 Å². The summed E-state index contributed by atoms with van der Waals surface area (Å²) >= 11 is 0. The topological polar surface area (TPSA) is 74.4 Å². The lowest BCUT2D eigenvalue weighted by molar-refractivity contribution is 0.0996. The van der Waals surface area contributed by atoms with Crippen molar-refractivity contribution in [2.75, 3.05) is 26.2 Å². The largest absolute Gasteiger partial charge is 0.392 e. The summed E-state index contributed by atoms with van der Waals surface area (Å²) in [5, 5.41) is 17.0. The minimum Gasteiger partial charge on any atom is -0.392 e. The Labute approximate surface area is 149 Å². The number of nitrogens with zero attached hydrogens (tertiary/aromatic N) is 3. The highest BCUT2D eigenvalue weighted by atomic mass is 16.5. The van der Waals surface area contributed by atoms with Crippen LogP contribution in [0.5, 0.6) is 0 Å². The molecule has 0 amide bonds. The standard InChI is InChI=1S/C19H28N4O2/c1-15(24)14-23-9-7-17(8-10-23)12-20-13-19-21-18(22-25-19)11-16-5-3-2-4-6-16/h2-6,15,17,20,24H,7-14H2,1H3. The van der Waals surface area contributed by atoms with Crippen LogP contribution in [-0.4, -0.2) is 52.4 Å². The third-order valence-electron chi connectivity index (χ3n) is 4.65. The van der Waals surface area contributed by atoms with Crippen molar-refractivity contribution >= 4 is 0 Å². The molecule has 2 aromatic rings. The van der Waals surface area contributed by atoms with E-state index >= 15 is 0 Å². The molecule has 1 aliphatic rings. The van der Waals surface area contributed by atoms with Gasteiger partial charge in [-0.1, -0.05) is 35.5 Å². The van der Waals surface area contributed by atoms with E-state index in [0.717, 1.165) is 32.0 Å². The first-order valence-electron chi connectivity index (χ1n) is 9.15. The third kappa shape index (κ3) is 5.92. The smallest absolute Gasteiger partial charge is 0.240 e. The predicted molar refractivity (Wildman–Crippen MR) is 96.1 cm³/mol. The van der Waals surface area contributed by atoms with Gasteiger partial charge in [0.15, 0.2) is 5.82 Å². The molecular formula is C19H28N4O2. The Balaban J connectivity index is 1.36. The van der Waals surface area contributed by atoms with Crippen LogP contribution in [0.3, 0.4) is 0 Å². The average Bonchev–Trinajstić information content (AvgIpc) is 3.04. The molecule has 136 valence electrons. The van der Waals surface area contributed by atoms with Crippen molar-refractivity contribution in [3.8, 4) is 0 Å². The Morgan fingerprint density at radius 3 is 2.76 bits per heavy atom. The number of hydrogen-bond donors (Lipinski definition) is 2. The zero-order valence-corrected chi connectivity index (χ0v) is 14.9. The maximum Gasteiger partial charge on any atom is 0.240 e. The number of benzene rings is 1. The molecule has 25 heavy (non-hydrogen) atoms. The van der Waals surface area contributed by atoms with Gasteiger partial charge in [-0.15, -0.1) is 0 Å². The molecule has 2 heterocycles. The quantitative estimate of drug-likeness (QED) is 0.761. The molecule has 2 N–H and O–H groups in total. The maximum atomic E-state index is 9.46. The summed E-state index contributed by atoms with van der Waals surface area (Å²) in [7, 11) is 0. The number of aliphatic hydroxyl groups is 1. The van der Waals surface area contributed by atoms with Crippen LogP contribution in [0.15, 0.2) is 34.9 Å². The number of hydrogen-bond acceptors (Lipinski definition) is 6. The molecule has 0 radical (unpaired) electrons. The Hall–Kier alpha value is -1.76. The molecular weight excluding hydrogens is 316 g/mol. The molecule has 1 saturated heterocycles. The molecule has 0 saturated carbocycles. The number of piperidine rings is 1. The van der Waals surface area contributed by atoms with Gasteiger partial charge in [-0.25, -0.2) is 0 Å². The van der Waals surface area contributed by atoms with Gasteiger partial charge in [0, 0.05) is 13.0 Å². The maximum absolute atomic E-state index is 9.46. The summed E-state index contributed by atoms with van der Waals surface area (Å²) in [6.45, 7) is 6.36. The fraction of sp³-hybridized carbons (Fsp3) is 0.579. The second-order valence-corrected chi connectivity index (χ2v) is 6.99. The Morgan fingerprint density at radius 1 is 1.28 bits per heavy atom. The van der Waals surface area contributed by atoms with Crippen molar-refractivity contribution in [1.82, 2.24) is 20.4 Å². The first-order chi connectivity index (χ1) is 12.2. The molecule has 6 heteroatoms. The second-order valence-electron chi connectivity index (χ2n) is 6.99. The van der Waals surface area contributed by atoms with Gasteiger partial charge >= 0.3 is 0 Å². The number of aliphatic hydroxyl groups excluding tert-OH is 1. The van der Waals surface area contributed by atoms with Gasteiger partial charge < -0.3 is 19.8 Å². The van der Waals surface area contributed by atoms with E-state index in [2.05, 4.69) is 32.5 Å². The van der Waals surface area contributed by atoms with E-state index in [1.165, 1.54) is 18.4 Å². The number of likely N-dealkylation sites (tertiary alicyclic amines) is 1. The van der Waals surface area contributed by atoms with Crippen molar-refractivity contribution < 1.29 is 9.63 Å². The van der Waals surface area contributed by atoms with Crippen LogP contribution in [0.4, 0.5) is 0 Å². The van der Waals surface area contributed by atoms with E-state index in [1.54, 1.807) is 0 Å². The summed E-state index contributed by atoms with van der Waals surface area (Å²) in [5.74, 6) is 2.06. The number of rotatable bonds is 8. The van der Waals surface area contributed by atoms with Crippen LogP contribution in [0, 0.1) is 5.92 Å². The van der Waals surface area contributed by atoms with E-state index in [0.29, 0.717) is 24.8 Å². The normalized spacial score (nSPS) is 17.7. The summed E-state index contributed by atoms with van der Waals surface area (Å²) in [6, 6.07) is 10.2. The van der Waals surface area contributed by atoms with Crippen molar-refractivity contribution in [1.29, 1.82) is 0 Å². The molecule has 1 aromatic heterocycles. The Kier molecular flexibility index (Phi) is 6.55. The third-order valence-corrected chi connectivity index (χ3v) is 4.65. The van der Waals surface area contributed by atoms with Crippen LogP contribution in [0.2, 0.25) is 0 Å². The lowest BCUT2D eigenvalue weighted by Crippen LogP contribution is -2.40. The summed E-state index contributed by atoms with van der Waals surface area (Å²) in [6.07, 6.45) is 2.80. The minimum absolute atomic E-state index is 0.239. The zero-order valence-electron chi connectivity index (χ0n) is 14.9. The molecule has 3 rings (SSSR count). The second kappa shape index (κ2) is 9.08. The Morgan fingerprint density at radius 2 is 2.04 bits per heavy atom. The molecule has 1 aliphatic heterocycles. The van der Waals surface area contributed by atoms with E-state index in [4.69, 9.17) is 4.52 Å². The van der Waals surface area contributed by atoms with Gasteiger partial charge in [0.1, 0.15) is 0 Å². The monoisotopic (exact) mass is 344 g/mol. The van der Waals surface area contributed by atoms with E-state index in [9.17, 15) is 5.11 Å². The molecule has 1 unspecified atom stereocenters. The molecule has 1 aromatic carbocycles.